The van der Waals surface area contributed by atoms with Crippen molar-refractivity contribution in [3.63, 3.8) is 0 Å². The van der Waals surface area contributed by atoms with Gasteiger partial charge in [-0.3, -0.25) is 0 Å². The summed E-state index contributed by atoms with van der Waals surface area (Å²) < 4.78 is 54.2. The van der Waals surface area contributed by atoms with Gasteiger partial charge in [0.15, 0.2) is 0 Å². The quantitative estimate of drug-likeness (QED) is 0.815. The third kappa shape index (κ3) is 4.09. The highest BCUT2D eigenvalue weighted by atomic mass is 35.5. The Kier molecular flexibility index (Phi) is 6.01. The Morgan fingerprint density at radius 2 is 1.89 bits per heavy atom. The molecule has 2 fully saturated rings. The molecule has 0 radical (unpaired) electrons. The van der Waals surface area contributed by atoms with Crippen LogP contribution in [0.4, 0.5) is 14.5 Å². The summed E-state index contributed by atoms with van der Waals surface area (Å²) in [6, 6.07) is 5.54. The summed E-state index contributed by atoms with van der Waals surface area (Å²) in [5.74, 6) is -2.94. The minimum atomic E-state index is -3.89. The van der Waals surface area contributed by atoms with Gasteiger partial charge in [0, 0.05) is 31.2 Å². The van der Waals surface area contributed by atoms with Crippen LogP contribution in [0, 0.1) is 0 Å². The molecule has 5 nitrogen and oxygen atoms in total. The van der Waals surface area contributed by atoms with Gasteiger partial charge in [-0.25, -0.2) is 17.2 Å². The Morgan fingerprint density at radius 3 is 2.59 bits per heavy atom. The number of fused-ring (bicyclic) bond motifs is 1. The van der Waals surface area contributed by atoms with Crippen LogP contribution in [0.5, 0.6) is 0 Å². The van der Waals surface area contributed by atoms with Crippen molar-refractivity contribution in [1.82, 2.24) is 9.62 Å². The van der Waals surface area contributed by atoms with Crippen LogP contribution < -0.4 is 10.2 Å². The molecule has 0 aromatic heterocycles. The molecule has 3 heterocycles. The van der Waals surface area contributed by atoms with Crippen LogP contribution in [0.15, 0.2) is 23.1 Å². The molecule has 9 heteroatoms. The van der Waals surface area contributed by atoms with E-state index in [-0.39, 0.29) is 36.7 Å². The molecule has 3 aliphatic rings. The predicted octanol–water partition coefficient (Wildman–Crippen LogP) is 2.64. The van der Waals surface area contributed by atoms with Gasteiger partial charge in [-0.1, -0.05) is 6.07 Å². The molecule has 0 atom stereocenters. The Bertz CT molecular complexity index is 785. The van der Waals surface area contributed by atoms with Gasteiger partial charge in [-0.05, 0) is 56.5 Å². The molecule has 0 bridgehead atoms. The van der Waals surface area contributed by atoms with Crippen LogP contribution in [0.2, 0.25) is 0 Å². The normalized spacial score (nSPS) is 23.7. The van der Waals surface area contributed by atoms with Gasteiger partial charge in [0.05, 0.1) is 11.4 Å². The number of halogens is 3. The number of alkyl halides is 2. The molecule has 3 aliphatic heterocycles. The molecule has 1 N–H and O–H groups in total. The van der Waals surface area contributed by atoms with E-state index in [4.69, 9.17) is 0 Å². The van der Waals surface area contributed by atoms with Crippen molar-refractivity contribution in [2.75, 3.05) is 37.6 Å². The molecule has 0 unspecified atom stereocenters. The standard InChI is InChI=1S/C18H25F2N3O2S.ClH/c19-18(20)7-1-10-22(13-18)26(24,25)16-3-2-14-6-11-23(17(14)12-16)15-4-8-21-9-5-15;/h2-3,12,15,21H,1,4-11,13H2;1H. The fraction of sp³-hybridized carbons (Fsp3) is 0.667. The van der Waals surface area contributed by atoms with E-state index in [0.29, 0.717) is 6.04 Å². The Balaban J connectivity index is 0.00000210. The minimum Gasteiger partial charge on any atom is -0.368 e. The summed E-state index contributed by atoms with van der Waals surface area (Å²) in [7, 11) is -3.89. The van der Waals surface area contributed by atoms with Gasteiger partial charge in [0.1, 0.15) is 0 Å². The van der Waals surface area contributed by atoms with Crippen molar-refractivity contribution in [3.8, 4) is 0 Å². The first-order valence-electron chi connectivity index (χ1n) is 9.35. The number of nitrogens with zero attached hydrogens (tertiary/aromatic N) is 2. The van der Waals surface area contributed by atoms with E-state index in [0.717, 1.165) is 54.5 Å². The maximum absolute atomic E-state index is 13.7. The lowest BCUT2D eigenvalue weighted by Gasteiger charge is -2.34. The summed E-state index contributed by atoms with van der Waals surface area (Å²) in [5, 5.41) is 3.35. The van der Waals surface area contributed by atoms with Crippen molar-refractivity contribution < 1.29 is 17.2 Å². The molecule has 1 aromatic carbocycles. The summed E-state index contributed by atoms with van der Waals surface area (Å²) in [5.41, 5.74) is 2.10. The highest BCUT2D eigenvalue weighted by molar-refractivity contribution is 7.89. The van der Waals surface area contributed by atoms with Gasteiger partial charge < -0.3 is 10.2 Å². The zero-order valence-electron chi connectivity index (χ0n) is 15.2. The van der Waals surface area contributed by atoms with Crippen LogP contribution in [-0.4, -0.2) is 57.4 Å². The lowest BCUT2D eigenvalue weighted by molar-refractivity contribution is -0.0434. The van der Waals surface area contributed by atoms with E-state index in [2.05, 4.69) is 10.2 Å². The first-order chi connectivity index (χ1) is 12.4. The third-order valence-corrected chi connectivity index (χ3v) is 7.57. The van der Waals surface area contributed by atoms with Crippen molar-refractivity contribution >= 4 is 28.1 Å². The molecular weight excluding hydrogens is 396 g/mol. The third-order valence-electron chi connectivity index (χ3n) is 5.73. The molecule has 1 aromatic rings. The maximum atomic E-state index is 13.7. The van der Waals surface area contributed by atoms with Crippen molar-refractivity contribution in [2.45, 2.75) is 49.0 Å². The molecule has 0 aliphatic carbocycles. The highest BCUT2D eigenvalue weighted by Gasteiger charge is 2.41. The lowest BCUT2D eigenvalue weighted by atomic mass is 10.0. The Labute approximate surface area is 165 Å². The van der Waals surface area contributed by atoms with Crippen LogP contribution in [0.25, 0.3) is 0 Å². The van der Waals surface area contributed by atoms with E-state index in [1.54, 1.807) is 12.1 Å². The van der Waals surface area contributed by atoms with Crippen LogP contribution >= 0.6 is 12.4 Å². The van der Waals surface area contributed by atoms with Crippen LogP contribution in [0.1, 0.15) is 31.2 Å². The number of hydrogen-bond acceptors (Lipinski definition) is 4. The molecule has 0 saturated carbocycles. The summed E-state index contributed by atoms with van der Waals surface area (Å²) in [6.07, 6.45) is 2.93. The van der Waals surface area contributed by atoms with Crippen LogP contribution in [-0.2, 0) is 16.4 Å². The number of hydrogen-bond donors (Lipinski definition) is 1. The zero-order chi connectivity index (χ0) is 18.4. The second-order valence-corrected chi connectivity index (χ2v) is 9.45. The minimum absolute atomic E-state index is 0. The van der Waals surface area contributed by atoms with E-state index in [1.165, 1.54) is 0 Å². The average molecular weight is 422 g/mol. The molecule has 4 rings (SSSR count). The fourth-order valence-corrected chi connectivity index (χ4v) is 5.85. The smallest absolute Gasteiger partial charge is 0.261 e. The second-order valence-electron chi connectivity index (χ2n) is 7.51. The van der Waals surface area contributed by atoms with E-state index in [1.807, 2.05) is 6.07 Å². The summed E-state index contributed by atoms with van der Waals surface area (Å²) >= 11 is 0. The first-order valence-corrected chi connectivity index (χ1v) is 10.8. The van der Waals surface area contributed by atoms with Crippen molar-refractivity contribution in [1.29, 1.82) is 0 Å². The molecule has 152 valence electrons. The highest BCUT2D eigenvalue weighted by Crippen LogP contribution is 2.36. The largest absolute Gasteiger partial charge is 0.368 e. The lowest BCUT2D eigenvalue weighted by Crippen LogP contribution is -2.45. The Morgan fingerprint density at radius 1 is 1.15 bits per heavy atom. The van der Waals surface area contributed by atoms with Gasteiger partial charge in [-0.2, -0.15) is 4.31 Å². The monoisotopic (exact) mass is 421 g/mol. The number of nitrogens with one attached hydrogen (secondary N) is 1. The van der Waals surface area contributed by atoms with Crippen LogP contribution in [0.3, 0.4) is 0 Å². The average Bonchev–Trinajstić information content (AvgIpc) is 3.05. The van der Waals surface area contributed by atoms with Crippen molar-refractivity contribution in [3.05, 3.63) is 23.8 Å². The molecule has 27 heavy (non-hydrogen) atoms. The predicted molar refractivity (Wildman–Crippen MR) is 104 cm³/mol. The SMILES string of the molecule is Cl.O=S(=O)(c1ccc2c(c1)N(C1CCNCC1)CC2)N1CCCC(F)(F)C1. The van der Waals surface area contributed by atoms with Gasteiger partial charge >= 0.3 is 0 Å². The van der Waals surface area contributed by atoms with E-state index in [9.17, 15) is 17.2 Å². The van der Waals surface area contributed by atoms with Gasteiger partial charge in [0.2, 0.25) is 10.0 Å². The van der Waals surface area contributed by atoms with E-state index < -0.39 is 22.5 Å². The maximum Gasteiger partial charge on any atom is 0.261 e. The number of anilines is 1. The van der Waals surface area contributed by atoms with Gasteiger partial charge in [-0.15, -0.1) is 12.4 Å². The topological polar surface area (TPSA) is 52.7 Å². The number of rotatable bonds is 3. The number of sulfonamides is 1. The van der Waals surface area contributed by atoms with Gasteiger partial charge in [0.25, 0.3) is 5.92 Å². The molecule has 0 spiro atoms. The molecular formula is C18H26ClF2N3O2S. The van der Waals surface area contributed by atoms with Crippen molar-refractivity contribution in [2.24, 2.45) is 0 Å². The fourth-order valence-electron chi connectivity index (χ4n) is 4.33. The first kappa shape index (κ1) is 20.8. The van der Waals surface area contributed by atoms with E-state index >= 15 is 0 Å². The number of piperidine rings is 2. The Hall–Kier alpha value is -0.960. The molecule has 0 amide bonds. The summed E-state index contributed by atoms with van der Waals surface area (Å²) in [4.78, 5) is 2.44. The summed E-state index contributed by atoms with van der Waals surface area (Å²) in [6.45, 7) is 2.28. The second kappa shape index (κ2) is 7.81. The number of benzene rings is 1. The molecule has 2 saturated heterocycles. The zero-order valence-corrected chi connectivity index (χ0v) is 16.8.